The molecular formula is C17H27NO4S. The van der Waals surface area contributed by atoms with E-state index in [1.165, 1.54) is 39.0 Å². The number of hydrogen-bond acceptors (Lipinski definition) is 5. The van der Waals surface area contributed by atoms with Crippen molar-refractivity contribution in [3.63, 3.8) is 0 Å². The summed E-state index contributed by atoms with van der Waals surface area (Å²) < 4.78 is 29.1. The van der Waals surface area contributed by atoms with Gasteiger partial charge < -0.3 is 4.74 Å². The lowest BCUT2D eigenvalue weighted by atomic mass is 10.1. The molecule has 0 aliphatic carbocycles. The zero-order chi connectivity index (χ0) is 17.1. The fourth-order valence-corrected chi connectivity index (χ4v) is 3.92. The van der Waals surface area contributed by atoms with E-state index in [1.807, 2.05) is 0 Å². The number of pyridine rings is 1. The van der Waals surface area contributed by atoms with E-state index in [0.29, 0.717) is 12.0 Å². The van der Waals surface area contributed by atoms with Crippen molar-refractivity contribution in [3.8, 4) is 0 Å². The number of unbranched alkanes of at least 4 members (excludes halogenated alkanes) is 6. The summed E-state index contributed by atoms with van der Waals surface area (Å²) in [6.45, 7) is 2.17. The molecule has 130 valence electrons. The lowest BCUT2D eigenvalue weighted by molar-refractivity contribution is 0.0593. The molecule has 1 aromatic heterocycles. The fourth-order valence-electron chi connectivity index (χ4n) is 2.42. The van der Waals surface area contributed by atoms with Gasteiger partial charge in [0.05, 0.1) is 18.6 Å². The van der Waals surface area contributed by atoms with Gasteiger partial charge >= 0.3 is 5.97 Å². The average molecular weight is 341 g/mol. The van der Waals surface area contributed by atoms with Crippen molar-refractivity contribution in [2.75, 3.05) is 12.9 Å². The number of ether oxygens (including phenoxy) is 1. The third-order valence-electron chi connectivity index (χ3n) is 3.70. The van der Waals surface area contributed by atoms with Crippen LogP contribution in [0.5, 0.6) is 0 Å². The Kier molecular flexibility index (Phi) is 8.84. The van der Waals surface area contributed by atoms with Crippen molar-refractivity contribution >= 4 is 15.8 Å². The lowest BCUT2D eigenvalue weighted by Gasteiger charge is -2.08. The largest absolute Gasteiger partial charge is 0.464 e. The maximum Gasteiger partial charge on any atom is 0.356 e. The van der Waals surface area contributed by atoms with Gasteiger partial charge in [0.25, 0.3) is 0 Å². The number of sulfone groups is 1. The normalized spacial score (nSPS) is 11.4. The predicted octanol–water partition coefficient (Wildman–Crippen LogP) is 3.53. The molecule has 0 radical (unpaired) electrons. The zero-order valence-corrected chi connectivity index (χ0v) is 14.9. The molecule has 6 heteroatoms. The second kappa shape index (κ2) is 10.4. The molecule has 0 bridgehead atoms. The van der Waals surface area contributed by atoms with Crippen LogP contribution < -0.4 is 0 Å². The summed E-state index contributed by atoms with van der Waals surface area (Å²) in [4.78, 5) is 15.6. The van der Waals surface area contributed by atoms with Crippen LogP contribution in [0.3, 0.4) is 0 Å². The molecule has 0 unspecified atom stereocenters. The van der Waals surface area contributed by atoms with Gasteiger partial charge in [-0.3, -0.25) is 0 Å². The Bertz CT molecular complexity index is 584. The zero-order valence-electron chi connectivity index (χ0n) is 14.1. The first-order valence-electron chi connectivity index (χ1n) is 8.22. The molecule has 0 saturated heterocycles. The molecular weight excluding hydrogens is 314 g/mol. The van der Waals surface area contributed by atoms with Crippen LogP contribution in [0.15, 0.2) is 18.3 Å². The van der Waals surface area contributed by atoms with Gasteiger partial charge in [0.2, 0.25) is 0 Å². The minimum Gasteiger partial charge on any atom is -0.464 e. The van der Waals surface area contributed by atoms with Crippen LogP contribution in [0.25, 0.3) is 0 Å². The lowest BCUT2D eigenvalue weighted by Crippen LogP contribution is -2.14. The molecule has 23 heavy (non-hydrogen) atoms. The first-order chi connectivity index (χ1) is 11.0. The summed E-state index contributed by atoms with van der Waals surface area (Å²) >= 11 is 0. The average Bonchev–Trinajstić information content (AvgIpc) is 2.53. The highest BCUT2D eigenvalue weighted by Crippen LogP contribution is 2.14. The van der Waals surface area contributed by atoms with E-state index < -0.39 is 15.8 Å². The van der Waals surface area contributed by atoms with Gasteiger partial charge in [-0.15, -0.1) is 0 Å². The van der Waals surface area contributed by atoms with Crippen molar-refractivity contribution in [1.82, 2.24) is 4.98 Å². The second-order valence-corrected chi connectivity index (χ2v) is 7.90. The first-order valence-corrected chi connectivity index (χ1v) is 10.0. The topological polar surface area (TPSA) is 73.3 Å². The molecule has 0 aromatic carbocycles. The van der Waals surface area contributed by atoms with E-state index in [4.69, 9.17) is 0 Å². The highest BCUT2D eigenvalue weighted by molar-refractivity contribution is 7.90. The second-order valence-electron chi connectivity index (χ2n) is 5.72. The molecule has 1 heterocycles. The Balaban J connectivity index is 2.48. The molecule has 0 fully saturated rings. The molecule has 0 aliphatic heterocycles. The third kappa shape index (κ3) is 7.59. The molecule has 0 spiro atoms. The minimum absolute atomic E-state index is 0.0816. The van der Waals surface area contributed by atoms with E-state index >= 15 is 0 Å². The minimum atomic E-state index is -3.24. The van der Waals surface area contributed by atoms with Crippen LogP contribution in [0.1, 0.15) is 67.9 Å². The SMILES string of the molecule is CCCCCCCCCS(=O)(=O)Cc1cccnc1C(=O)OC. The number of rotatable bonds is 11. The molecule has 5 nitrogen and oxygen atoms in total. The molecule has 0 saturated carbocycles. The standard InChI is InChI=1S/C17H27NO4S/c1-3-4-5-6-7-8-9-13-23(20,21)14-15-11-10-12-18-16(15)17(19)22-2/h10-12H,3-9,13-14H2,1-2H3. The maximum absolute atomic E-state index is 12.2. The van der Waals surface area contributed by atoms with E-state index in [-0.39, 0.29) is 17.2 Å². The summed E-state index contributed by atoms with van der Waals surface area (Å²) in [5.74, 6) is -0.621. The predicted molar refractivity (Wildman–Crippen MR) is 91.1 cm³/mol. The van der Waals surface area contributed by atoms with Gasteiger partial charge in [-0.2, -0.15) is 0 Å². The van der Waals surface area contributed by atoms with Crippen LogP contribution in [0.2, 0.25) is 0 Å². The van der Waals surface area contributed by atoms with Gasteiger partial charge in [-0.05, 0) is 12.5 Å². The summed E-state index contributed by atoms with van der Waals surface area (Å²) in [6, 6.07) is 3.24. The molecule has 0 aliphatic rings. The summed E-state index contributed by atoms with van der Waals surface area (Å²) in [5.41, 5.74) is 0.487. The quantitative estimate of drug-likeness (QED) is 0.455. The van der Waals surface area contributed by atoms with E-state index in [0.717, 1.165) is 12.8 Å². The van der Waals surface area contributed by atoms with Crippen LogP contribution in [-0.4, -0.2) is 32.2 Å². The van der Waals surface area contributed by atoms with Gasteiger partial charge in [-0.1, -0.05) is 51.5 Å². The number of carbonyl (C=O) groups excluding carboxylic acids is 1. The molecule has 0 atom stereocenters. The van der Waals surface area contributed by atoms with E-state index in [9.17, 15) is 13.2 Å². The third-order valence-corrected chi connectivity index (χ3v) is 5.37. The summed E-state index contributed by atoms with van der Waals surface area (Å²) in [6.07, 6.45) is 8.98. The number of nitrogens with zero attached hydrogens (tertiary/aromatic N) is 1. The number of hydrogen-bond donors (Lipinski definition) is 0. The highest BCUT2D eigenvalue weighted by atomic mass is 32.2. The summed E-state index contributed by atoms with van der Waals surface area (Å²) in [5, 5.41) is 0. The highest BCUT2D eigenvalue weighted by Gasteiger charge is 2.19. The summed E-state index contributed by atoms with van der Waals surface area (Å²) in [7, 11) is -1.99. The Morgan fingerprint density at radius 2 is 1.78 bits per heavy atom. The van der Waals surface area contributed by atoms with Crippen LogP contribution in [0, 0.1) is 0 Å². The van der Waals surface area contributed by atoms with Crippen molar-refractivity contribution in [2.24, 2.45) is 0 Å². The van der Waals surface area contributed by atoms with Crippen LogP contribution in [0.4, 0.5) is 0 Å². The van der Waals surface area contributed by atoms with Crippen molar-refractivity contribution < 1.29 is 17.9 Å². The molecule has 1 aromatic rings. The van der Waals surface area contributed by atoms with E-state index in [1.54, 1.807) is 12.1 Å². The molecule has 1 rings (SSSR count). The smallest absolute Gasteiger partial charge is 0.356 e. The van der Waals surface area contributed by atoms with Crippen LogP contribution >= 0.6 is 0 Å². The van der Waals surface area contributed by atoms with Crippen molar-refractivity contribution in [1.29, 1.82) is 0 Å². The van der Waals surface area contributed by atoms with Gasteiger partial charge in [0.1, 0.15) is 0 Å². The van der Waals surface area contributed by atoms with E-state index in [2.05, 4.69) is 16.6 Å². The Morgan fingerprint density at radius 1 is 1.13 bits per heavy atom. The van der Waals surface area contributed by atoms with Gasteiger partial charge in [-0.25, -0.2) is 18.2 Å². The maximum atomic E-state index is 12.2. The molecule has 0 N–H and O–H groups in total. The Hall–Kier alpha value is -1.43. The number of esters is 1. The number of methoxy groups -OCH3 is 1. The Labute approximate surface area is 139 Å². The molecule has 0 amide bonds. The van der Waals surface area contributed by atoms with Gasteiger partial charge in [0.15, 0.2) is 15.5 Å². The first kappa shape index (κ1) is 19.6. The number of carbonyl (C=O) groups is 1. The monoisotopic (exact) mass is 341 g/mol. The fraction of sp³-hybridized carbons (Fsp3) is 0.647. The Morgan fingerprint density at radius 3 is 2.43 bits per heavy atom. The van der Waals surface area contributed by atoms with Crippen molar-refractivity contribution in [3.05, 3.63) is 29.6 Å². The number of aromatic nitrogens is 1. The van der Waals surface area contributed by atoms with Crippen molar-refractivity contribution in [2.45, 2.75) is 57.6 Å². The van der Waals surface area contributed by atoms with Crippen LogP contribution in [-0.2, 0) is 20.3 Å². The van der Waals surface area contributed by atoms with Gasteiger partial charge in [0, 0.05) is 11.8 Å².